The van der Waals surface area contributed by atoms with Gasteiger partial charge in [-0.1, -0.05) is 23.2 Å². The maximum atomic E-state index is 5.85. The number of hydrogen-bond acceptors (Lipinski definition) is 5. The molecule has 0 bridgehead atoms. The molecule has 0 spiro atoms. The molecule has 1 rings (SSSR count). The summed E-state index contributed by atoms with van der Waals surface area (Å²) in [6.45, 7) is -2.82. The molecular formula is C6H9Cl2N2O3PS. The van der Waals surface area contributed by atoms with Crippen LogP contribution in [0.15, 0.2) is 0 Å². The highest BCUT2D eigenvalue weighted by Crippen LogP contribution is 2.50. The van der Waals surface area contributed by atoms with Crippen LogP contribution in [0.5, 0.6) is 5.88 Å². The molecule has 0 aliphatic heterocycles. The summed E-state index contributed by atoms with van der Waals surface area (Å²) in [6, 6.07) is 0. The molecule has 1 aromatic rings. The molecule has 0 N–H and O–H groups in total. The van der Waals surface area contributed by atoms with Crippen LogP contribution in [0, 0.1) is 0 Å². The van der Waals surface area contributed by atoms with Crippen LogP contribution in [0.2, 0.25) is 10.2 Å². The monoisotopic (exact) mass is 290 g/mol. The second-order valence-electron chi connectivity index (χ2n) is 2.44. The summed E-state index contributed by atoms with van der Waals surface area (Å²) < 4.78 is 16.5. The number of hydrogen-bond donors (Lipinski definition) is 0. The van der Waals surface area contributed by atoms with Crippen LogP contribution in [0.1, 0.15) is 0 Å². The van der Waals surface area contributed by atoms with Crippen molar-refractivity contribution in [2.45, 2.75) is 0 Å². The second-order valence-corrected chi connectivity index (χ2v) is 6.32. The normalized spacial score (nSPS) is 11.8. The van der Waals surface area contributed by atoms with E-state index in [1.165, 1.54) is 18.9 Å². The van der Waals surface area contributed by atoms with Crippen LogP contribution in [0.25, 0.3) is 0 Å². The summed E-state index contributed by atoms with van der Waals surface area (Å²) in [5, 5.41) is 4.37. The Morgan fingerprint density at radius 2 is 1.87 bits per heavy atom. The third kappa shape index (κ3) is 2.84. The smallest absolute Gasteiger partial charge is 0.381 e. The molecule has 1 aromatic heterocycles. The van der Waals surface area contributed by atoms with Crippen molar-refractivity contribution in [1.29, 1.82) is 0 Å². The van der Waals surface area contributed by atoms with Gasteiger partial charge < -0.3 is 13.6 Å². The minimum Gasteiger partial charge on any atom is -0.402 e. The number of rotatable bonds is 4. The molecule has 0 amide bonds. The van der Waals surface area contributed by atoms with Crippen molar-refractivity contribution in [3.05, 3.63) is 10.2 Å². The number of aromatic nitrogens is 2. The van der Waals surface area contributed by atoms with Crippen molar-refractivity contribution < 1.29 is 13.6 Å². The molecule has 1 heterocycles. The van der Waals surface area contributed by atoms with Crippen LogP contribution in [-0.2, 0) is 27.9 Å². The zero-order chi connectivity index (χ0) is 11.6. The van der Waals surface area contributed by atoms with Gasteiger partial charge in [-0.3, -0.25) is 4.68 Å². The summed E-state index contributed by atoms with van der Waals surface area (Å²) in [5.41, 5.74) is 0. The lowest BCUT2D eigenvalue weighted by molar-refractivity contribution is 0.270. The van der Waals surface area contributed by atoms with Crippen LogP contribution >= 0.6 is 29.9 Å². The molecule has 5 nitrogen and oxygen atoms in total. The van der Waals surface area contributed by atoms with Crippen molar-refractivity contribution in [1.82, 2.24) is 9.78 Å². The SMILES string of the molecule is COP(=S)(OC)Oc1nn(C)c(Cl)c1Cl. The topological polar surface area (TPSA) is 45.5 Å². The van der Waals surface area contributed by atoms with Crippen LogP contribution in [-0.4, -0.2) is 24.0 Å². The van der Waals surface area contributed by atoms with E-state index in [0.717, 1.165) is 0 Å². The van der Waals surface area contributed by atoms with Crippen LogP contribution in [0.4, 0.5) is 0 Å². The van der Waals surface area contributed by atoms with Gasteiger partial charge in [0.25, 0.3) is 5.88 Å². The first-order chi connectivity index (χ1) is 6.93. The van der Waals surface area contributed by atoms with Crippen molar-refractivity contribution >= 4 is 41.7 Å². The van der Waals surface area contributed by atoms with Crippen molar-refractivity contribution in [2.75, 3.05) is 14.2 Å². The summed E-state index contributed by atoms with van der Waals surface area (Å²) in [5.74, 6) is 0.108. The fraction of sp³-hybridized carbons (Fsp3) is 0.500. The highest BCUT2D eigenvalue weighted by molar-refractivity contribution is 8.07. The maximum Gasteiger partial charge on any atom is 0.381 e. The van der Waals surface area contributed by atoms with Gasteiger partial charge in [-0.2, -0.15) is 0 Å². The molecule has 0 fully saturated rings. The van der Waals surface area contributed by atoms with Gasteiger partial charge in [0.2, 0.25) is 0 Å². The van der Waals surface area contributed by atoms with Gasteiger partial charge >= 0.3 is 6.72 Å². The third-order valence-corrected chi connectivity index (χ3v) is 4.82. The lowest BCUT2D eigenvalue weighted by Gasteiger charge is -2.16. The largest absolute Gasteiger partial charge is 0.402 e. The lowest BCUT2D eigenvalue weighted by Crippen LogP contribution is -1.98. The van der Waals surface area contributed by atoms with Crippen LogP contribution in [0.3, 0.4) is 0 Å². The van der Waals surface area contributed by atoms with Crippen molar-refractivity contribution in [3.63, 3.8) is 0 Å². The van der Waals surface area contributed by atoms with Gasteiger partial charge in [0.05, 0.1) is 0 Å². The summed E-state index contributed by atoms with van der Waals surface area (Å²) >= 11 is 16.6. The summed E-state index contributed by atoms with van der Waals surface area (Å²) in [7, 11) is 4.41. The Morgan fingerprint density at radius 3 is 2.20 bits per heavy atom. The second kappa shape index (κ2) is 4.99. The Hall–Kier alpha value is 0.160. The molecule has 0 saturated heterocycles. The fourth-order valence-electron chi connectivity index (χ4n) is 0.768. The minimum absolute atomic E-state index is 0.108. The van der Waals surface area contributed by atoms with E-state index in [1.807, 2.05) is 0 Å². The molecule has 0 unspecified atom stereocenters. The average molecular weight is 291 g/mol. The number of halogens is 2. The molecule has 0 saturated carbocycles. The summed E-state index contributed by atoms with van der Waals surface area (Å²) in [4.78, 5) is 0. The average Bonchev–Trinajstić information content (AvgIpc) is 2.46. The number of aryl methyl sites for hydroxylation is 1. The Kier molecular flexibility index (Phi) is 4.40. The molecular weight excluding hydrogens is 282 g/mol. The van der Waals surface area contributed by atoms with E-state index in [1.54, 1.807) is 7.05 Å². The molecule has 0 radical (unpaired) electrons. The van der Waals surface area contributed by atoms with Gasteiger partial charge in [0, 0.05) is 33.1 Å². The fourth-order valence-corrected chi connectivity index (χ4v) is 1.99. The van der Waals surface area contributed by atoms with Gasteiger partial charge in [0.1, 0.15) is 10.2 Å². The number of nitrogens with zero attached hydrogens (tertiary/aromatic N) is 2. The third-order valence-electron chi connectivity index (χ3n) is 1.54. The van der Waals surface area contributed by atoms with E-state index in [0.29, 0.717) is 0 Å². The molecule has 86 valence electrons. The van der Waals surface area contributed by atoms with Gasteiger partial charge in [-0.25, -0.2) is 0 Å². The molecule has 0 atom stereocenters. The molecule has 0 aromatic carbocycles. The van der Waals surface area contributed by atoms with Gasteiger partial charge in [-0.05, 0) is 0 Å². The Balaban J connectivity index is 2.99. The van der Waals surface area contributed by atoms with E-state index in [4.69, 9.17) is 48.6 Å². The van der Waals surface area contributed by atoms with E-state index in [9.17, 15) is 0 Å². The Bertz CT molecular complexity index is 403. The summed E-state index contributed by atoms with van der Waals surface area (Å²) in [6.07, 6.45) is 0. The van der Waals surface area contributed by atoms with Gasteiger partial charge in [-0.15, -0.1) is 5.10 Å². The first kappa shape index (κ1) is 13.2. The first-order valence-electron chi connectivity index (χ1n) is 3.72. The van der Waals surface area contributed by atoms with E-state index >= 15 is 0 Å². The highest BCUT2D eigenvalue weighted by Gasteiger charge is 2.24. The van der Waals surface area contributed by atoms with Crippen LogP contribution < -0.4 is 4.52 Å². The predicted molar refractivity (Wildman–Crippen MR) is 62.2 cm³/mol. The zero-order valence-corrected chi connectivity index (χ0v) is 11.5. The zero-order valence-electron chi connectivity index (χ0n) is 8.23. The standard InChI is InChI=1S/C6H9Cl2N2O3PS/c1-10-5(8)4(7)6(9-10)13-14(15,11-2)12-3/h1-3H3. The molecule has 9 heteroatoms. The quantitative estimate of drug-likeness (QED) is 0.798. The van der Waals surface area contributed by atoms with E-state index in [-0.39, 0.29) is 16.1 Å². The molecule has 15 heavy (non-hydrogen) atoms. The lowest BCUT2D eigenvalue weighted by atomic mass is 10.7. The highest BCUT2D eigenvalue weighted by atomic mass is 35.5. The Labute approximate surface area is 102 Å². The molecule has 0 aliphatic carbocycles. The maximum absolute atomic E-state index is 5.85. The molecule has 0 aliphatic rings. The van der Waals surface area contributed by atoms with E-state index in [2.05, 4.69) is 5.10 Å². The van der Waals surface area contributed by atoms with Crippen molar-refractivity contribution in [2.24, 2.45) is 7.05 Å². The van der Waals surface area contributed by atoms with Gasteiger partial charge in [0.15, 0.2) is 0 Å². The Morgan fingerprint density at radius 1 is 1.33 bits per heavy atom. The first-order valence-corrected chi connectivity index (χ1v) is 7.04. The minimum atomic E-state index is -2.82. The van der Waals surface area contributed by atoms with Crippen molar-refractivity contribution in [3.8, 4) is 5.88 Å². The predicted octanol–water partition coefficient (Wildman–Crippen LogP) is 2.62. The van der Waals surface area contributed by atoms with E-state index < -0.39 is 6.72 Å².